The van der Waals surface area contributed by atoms with Crippen molar-refractivity contribution in [3.63, 3.8) is 0 Å². The Morgan fingerprint density at radius 1 is 0.958 bits per heavy atom. The van der Waals surface area contributed by atoms with Gasteiger partial charge >= 0.3 is 6.18 Å². The highest BCUT2D eigenvalue weighted by atomic mass is 32.2. The van der Waals surface area contributed by atoms with E-state index in [9.17, 15) is 22.8 Å². The number of thioether (sulfide) groups is 1. The molecule has 1 saturated carbocycles. The van der Waals surface area contributed by atoms with Gasteiger partial charge in [0.1, 0.15) is 5.54 Å². The molecule has 1 aliphatic carbocycles. The number of H-pyrrole nitrogens is 1. The fourth-order valence-electron chi connectivity index (χ4n) is 8.09. The number of hydrogen-bond acceptors (Lipinski definition) is 3. The zero-order chi connectivity index (χ0) is 34.6. The summed E-state index contributed by atoms with van der Waals surface area (Å²) in [5.74, 6) is 1.20. The Hall–Kier alpha value is -3.72. The maximum atomic E-state index is 14.8. The Bertz CT molecular complexity index is 1830. The lowest BCUT2D eigenvalue weighted by molar-refractivity contribution is -0.147. The third kappa shape index (κ3) is 6.26. The second-order valence-corrected chi connectivity index (χ2v) is 15.6. The van der Waals surface area contributed by atoms with Crippen molar-refractivity contribution in [2.75, 3.05) is 16.8 Å². The highest BCUT2D eigenvalue weighted by molar-refractivity contribution is 7.99. The van der Waals surface area contributed by atoms with Crippen LogP contribution in [-0.4, -0.2) is 38.7 Å². The molecule has 1 saturated heterocycles. The summed E-state index contributed by atoms with van der Waals surface area (Å²) >= 11 is 1.75. The van der Waals surface area contributed by atoms with E-state index in [0.29, 0.717) is 29.9 Å². The fraction of sp³-hybridized carbons (Fsp3) is 0.436. The number of aromatic nitrogens is 1. The van der Waals surface area contributed by atoms with E-state index >= 15 is 0 Å². The molecule has 4 aromatic rings. The maximum absolute atomic E-state index is 14.8. The average molecular weight is 676 g/mol. The molecule has 2 atom stereocenters. The monoisotopic (exact) mass is 675 g/mol. The molecule has 0 bridgehead atoms. The van der Waals surface area contributed by atoms with Crippen LogP contribution < -0.4 is 5.32 Å². The molecule has 254 valence electrons. The molecule has 48 heavy (non-hydrogen) atoms. The summed E-state index contributed by atoms with van der Waals surface area (Å²) in [6.07, 6.45) is -3.31. The molecule has 2 N–H and O–H groups in total. The zero-order valence-electron chi connectivity index (χ0n) is 28.5. The molecule has 2 amide bonds. The van der Waals surface area contributed by atoms with Gasteiger partial charge in [0.2, 0.25) is 11.8 Å². The summed E-state index contributed by atoms with van der Waals surface area (Å²) in [6.45, 7) is 12.5. The van der Waals surface area contributed by atoms with Crippen molar-refractivity contribution in [2.45, 2.75) is 85.0 Å². The number of hydrogen-bond donors (Lipinski definition) is 2. The number of nitrogens with one attached hydrogen (secondary N) is 2. The van der Waals surface area contributed by atoms with Gasteiger partial charge in [0.05, 0.1) is 5.56 Å². The Labute approximate surface area is 285 Å². The number of nitrogens with zero attached hydrogens (tertiary/aromatic N) is 1. The Morgan fingerprint density at radius 2 is 1.58 bits per heavy atom. The van der Waals surface area contributed by atoms with E-state index in [4.69, 9.17) is 0 Å². The first-order valence-electron chi connectivity index (χ1n) is 16.6. The number of anilines is 1. The molecule has 1 aliphatic heterocycles. The standard InChI is InChI=1S/C39H44F3N3O2S/c1-23-19-24(2)35(25(3)20-23)44-36(47)38(15-17-48-18-16-38)45(22-27-11-13-28(14-12-27)39(40,41)42)32(46)21-30-34(37(30,5)6)33-26(4)43-31-10-8-7-9-29(31)33/h7-14,19-20,30,34,43H,15-18,21-22H2,1-6H3,(H,44,47)/t30-,34+/m0/s1. The van der Waals surface area contributed by atoms with E-state index in [1.165, 1.54) is 17.7 Å². The second kappa shape index (κ2) is 12.6. The van der Waals surface area contributed by atoms with Crippen LogP contribution in [0.1, 0.15) is 78.1 Å². The van der Waals surface area contributed by atoms with Gasteiger partial charge in [-0.1, -0.05) is 61.9 Å². The van der Waals surface area contributed by atoms with Gasteiger partial charge in [-0.25, -0.2) is 0 Å². The van der Waals surface area contributed by atoms with E-state index in [0.717, 1.165) is 51.1 Å². The summed E-state index contributed by atoms with van der Waals surface area (Å²) in [5, 5.41) is 4.38. The number of fused-ring (bicyclic) bond motifs is 1. The van der Waals surface area contributed by atoms with Crippen molar-refractivity contribution < 1.29 is 22.8 Å². The van der Waals surface area contributed by atoms with Crippen LogP contribution in [0.15, 0.2) is 60.7 Å². The number of benzene rings is 3. The predicted octanol–water partition coefficient (Wildman–Crippen LogP) is 9.48. The van der Waals surface area contributed by atoms with Crippen molar-refractivity contribution >= 4 is 40.2 Å². The molecule has 5 nitrogen and oxygen atoms in total. The van der Waals surface area contributed by atoms with Crippen molar-refractivity contribution in [3.05, 3.63) is 99.7 Å². The van der Waals surface area contributed by atoms with Gasteiger partial charge in [0.25, 0.3) is 0 Å². The first-order valence-corrected chi connectivity index (χ1v) is 17.8. The molecule has 9 heteroatoms. The van der Waals surface area contributed by atoms with Gasteiger partial charge in [-0.2, -0.15) is 24.9 Å². The number of aryl methyl sites for hydroxylation is 4. The zero-order valence-corrected chi connectivity index (χ0v) is 29.3. The van der Waals surface area contributed by atoms with Crippen molar-refractivity contribution in [1.29, 1.82) is 0 Å². The molecule has 0 radical (unpaired) electrons. The largest absolute Gasteiger partial charge is 0.416 e. The molecule has 6 rings (SSSR count). The number of carbonyl (C=O) groups is 2. The van der Waals surface area contributed by atoms with Crippen LogP contribution in [0.3, 0.4) is 0 Å². The van der Waals surface area contributed by atoms with Crippen LogP contribution in [0.2, 0.25) is 0 Å². The lowest BCUT2D eigenvalue weighted by Gasteiger charge is -2.45. The molecule has 2 heterocycles. The minimum atomic E-state index is -4.47. The van der Waals surface area contributed by atoms with Crippen LogP contribution in [0, 0.1) is 39.0 Å². The van der Waals surface area contributed by atoms with E-state index in [-0.39, 0.29) is 42.0 Å². The molecule has 2 fully saturated rings. The Morgan fingerprint density at radius 3 is 2.21 bits per heavy atom. The summed E-state index contributed by atoms with van der Waals surface area (Å²) in [5.41, 5.74) is 5.62. The average Bonchev–Trinajstić information content (AvgIpc) is 3.37. The van der Waals surface area contributed by atoms with Gasteiger partial charge < -0.3 is 15.2 Å². The van der Waals surface area contributed by atoms with Crippen LogP contribution >= 0.6 is 11.8 Å². The van der Waals surface area contributed by atoms with Gasteiger partial charge in [0.15, 0.2) is 0 Å². The minimum absolute atomic E-state index is 0.0395. The third-order valence-corrected chi connectivity index (χ3v) is 11.8. The summed E-state index contributed by atoms with van der Waals surface area (Å²) in [6, 6.07) is 17.2. The van der Waals surface area contributed by atoms with Crippen LogP contribution in [-0.2, 0) is 22.3 Å². The number of carbonyl (C=O) groups excluding carboxylic acids is 2. The van der Waals surface area contributed by atoms with E-state index in [2.05, 4.69) is 43.2 Å². The third-order valence-electron chi connectivity index (χ3n) is 10.8. The van der Waals surface area contributed by atoms with Gasteiger partial charge in [-0.3, -0.25) is 9.59 Å². The topological polar surface area (TPSA) is 65.2 Å². The summed E-state index contributed by atoms with van der Waals surface area (Å²) < 4.78 is 40.3. The summed E-state index contributed by atoms with van der Waals surface area (Å²) in [4.78, 5) is 34.6. The van der Waals surface area contributed by atoms with Crippen LogP contribution in [0.25, 0.3) is 10.9 Å². The normalized spacial score (nSPS) is 20.0. The van der Waals surface area contributed by atoms with Gasteiger partial charge in [-0.15, -0.1) is 0 Å². The highest BCUT2D eigenvalue weighted by Gasteiger charge is 2.60. The quantitative estimate of drug-likeness (QED) is 0.196. The first kappa shape index (κ1) is 34.2. The molecular weight excluding hydrogens is 632 g/mol. The van der Waals surface area contributed by atoms with Crippen molar-refractivity contribution in [1.82, 2.24) is 9.88 Å². The summed E-state index contributed by atoms with van der Waals surface area (Å²) in [7, 11) is 0. The number of alkyl halides is 3. The molecular formula is C39H44F3N3O2S. The van der Waals surface area contributed by atoms with Crippen LogP contribution in [0.5, 0.6) is 0 Å². The molecule has 3 aromatic carbocycles. The van der Waals surface area contributed by atoms with Gasteiger partial charge in [0, 0.05) is 35.2 Å². The molecule has 2 aliphatic rings. The van der Waals surface area contributed by atoms with Crippen molar-refractivity contribution in [3.8, 4) is 0 Å². The minimum Gasteiger partial charge on any atom is -0.358 e. The van der Waals surface area contributed by atoms with Crippen molar-refractivity contribution in [2.24, 2.45) is 11.3 Å². The number of amides is 2. The Kier molecular flexibility index (Phi) is 8.98. The van der Waals surface area contributed by atoms with Crippen LogP contribution in [0.4, 0.5) is 18.9 Å². The predicted molar refractivity (Wildman–Crippen MR) is 188 cm³/mol. The molecule has 1 aromatic heterocycles. The van der Waals surface area contributed by atoms with E-state index in [1.807, 2.05) is 45.0 Å². The first-order chi connectivity index (χ1) is 22.6. The smallest absolute Gasteiger partial charge is 0.358 e. The fourth-order valence-corrected chi connectivity index (χ4v) is 9.26. The SMILES string of the molecule is Cc1cc(C)c(NC(=O)C2(N(Cc3ccc(C(F)(F)F)cc3)C(=O)C[C@H]3[C@H](c4c(C)[nH]c5ccccc45)C3(C)C)CCSCC2)c(C)c1. The van der Waals surface area contributed by atoms with Gasteiger partial charge in [-0.05, 0) is 110 Å². The number of aromatic amines is 1. The van der Waals surface area contributed by atoms with E-state index in [1.54, 1.807) is 16.7 Å². The molecule has 0 spiro atoms. The highest BCUT2D eigenvalue weighted by Crippen LogP contribution is 2.67. The lowest BCUT2D eigenvalue weighted by atomic mass is 9.86. The Balaban J connectivity index is 1.37. The molecule has 0 unspecified atom stereocenters. The lowest BCUT2D eigenvalue weighted by Crippen LogP contribution is -2.60. The number of para-hydroxylation sites is 1. The number of halogens is 3. The second-order valence-electron chi connectivity index (χ2n) is 14.4. The maximum Gasteiger partial charge on any atom is 0.416 e. The van der Waals surface area contributed by atoms with E-state index < -0.39 is 17.3 Å². The number of rotatable bonds is 8.